The summed E-state index contributed by atoms with van der Waals surface area (Å²) in [6.07, 6.45) is 0.124. The van der Waals surface area contributed by atoms with Crippen molar-refractivity contribution in [3.05, 3.63) is 39.8 Å². The van der Waals surface area contributed by atoms with Crippen molar-refractivity contribution in [1.82, 2.24) is 15.5 Å². The quantitative estimate of drug-likeness (QED) is 0.413. The molecule has 3 aromatic rings. The number of carbonyl (C=O) groups is 1. The maximum absolute atomic E-state index is 11.1. The lowest BCUT2D eigenvalue weighted by Gasteiger charge is -2.16. The molecule has 0 fully saturated rings. The van der Waals surface area contributed by atoms with E-state index in [-0.39, 0.29) is 13.2 Å². The van der Waals surface area contributed by atoms with E-state index in [2.05, 4.69) is 42.4 Å². The second-order valence-electron chi connectivity index (χ2n) is 8.57. The second-order valence-corrected chi connectivity index (χ2v) is 9.82. The van der Waals surface area contributed by atoms with Gasteiger partial charge in [0.25, 0.3) is 5.89 Å². The van der Waals surface area contributed by atoms with Crippen LogP contribution in [-0.2, 0) is 11.2 Å². The normalized spacial score (nSPS) is 12.2. The number of hydrogen-bond donors (Lipinski definition) is 3. The molecule has 8 nitrogen and oxygen atoms in total. The minimum atomic E-state index is -0.896. The first-order valence-corrected chi connectivity index (χ1v) is 11.7. The molecule has 178 valence electrons. The number of aromatic nitrogens is 2. The van der Waals surface area contributed by atoms with E-state index in [1.807, 2.05) is 26.0 Å². The standard InChI is InChI=1S/C24H31N3O5S/c1-13(2)6-17-9-20(33-16(17)5)24-27-26-23(32-24)18-7-14(3)22(15(4)8-18)31-12-19(29)10-25-21(30)11-28/h7-9,13,19,28-29H,6,10-12H2,1-5H3,(H,25,30)/t19-/m0/s1. The molecule has 3 rings (SSSR count). The summed E-state index contributed by atoms with van der Waals surface area (Å²) in [6.45, 7) is 9.73. The Kier molecular flexibility index (Phi) is 8.23. The highest BCUT2D eigenvalue weighted by Gasteiger charge is 2.17. The van der Waals surface area contributed by atoms with Gasteiger partial charge in [-0.05, 0) is 68.0 Å². The van der Waals surface area contributed by atoms with Gasteiger partial charge in [0.1, 0.15) is 25.1 Å². The number of aliphatic hydroxyl groups excluding tert-OH is 2. The molecule has 0 unspecified atom stereocenters. The number of ether oxygens (including phenoxy) is 1. The van der Waals surface area contributed by atoms with E-state index in [4.69, 9.17) is 14.3 Å². The average molecular weight is 474 g/mol. The molecule has 1 aromatic carbocycles. The van der Waals surface area contributed by atoms with Gasteiger partial charge >= 0.3 is 0 Å². The molecule has 3 N–H and O–H groups in total. The largest absolute Gasteiger partial charge is 0.490 e. The van der Waals surface area contributed by atoms with Gasteiger partial charge in [-0.1, -0.05) is 13.8 Å². The minimum absolute atomic E-state index is 0.00140. The fraction of sp³-hybridized carbons (Fsp3) is 0.458. The van der Waals surface area contributed by atoms with Gasteiger partial charge in [-0.25, -0.2) is 0 Å². The van der Waals surface area contributed by atoms with Gasteiger partial charge in [-0.3, -0.25) is 4.79 Å². The maximum Gasteiger partial charge on any atom is 0.258 e. The monoisotopic (exact) mass is 473 g/mol. The molecule has 2 aromatic heterocycles. The Morgan fingerprint density at radius 3 is 2.45 bits per heavy atom. The fourth-order valence-electron chi connectivity index (χ4n) is 3.53. The molecular weight excluding hydrogens is 442 g/mol. The first kappa shape index (κ1) is 24.9. The summed E-state index contributed by atoms with van der Waals surface area (Å²) in [4.78, 5) is 13.3. The van der Waals surface area contributed by atoms with Crippen LogP contribution in [0.2, 0.25) is 0 Å². The molecule has 0 aliphatic carbocycles. The number of benzene rings is 1. The highest BCUT2D eigenvalue weighted by molar-refractivity contribution is 7.15. The number of rotatable bonds is 10. The smallest absolute Gasteiger partial charge is 0.258 e. The molecule has 0 aliphatic rings. The van der Waals surface area contributed by atoms with Gasteiger partial charge in [0, 0.05) is 17.0 Å². The van der Waals surface area contributed by atoms with Gasteiger partial charge < -0.3 is 24.7 Å². The van der Waals surface area contributed by atoms with Gasteiger partial charge in [0.15, 0.2) is 0 Å². The third-order valence-electron chi connectivity index (χ3n) is 5.09. The predicted molar refractivity (Wildman–Crippen MR) is 127 cm³/mol. The molecule has 0 saturated carbocycles. The molecular formula is C24H31N3O5S. The summed E-state index contributed by atoms with van der Waals surface area (Å²) in [5, 5.41) is 29.6. The Balaban J connectivity index is 1.71. The Hall–Kier alpha value is -2.75. The van der Waals surface area contributed by atoms with E-state index in [0.29, 0.717) is 23.4 Å². The lowest BCUT2D eigenvalue weighted by molar-refractivity contribution is -0.124. The maximum atomic E-state index is 11.1. The fourth-order valence-corrected chi connectivity index (χ4v) is 4.51. The van der Waals surface area contributed by atoms with Crippen molar-refractivity contribution >= 4 is 17.2 Å². The van der Waals surface area contributed by atoms with Crippen LogP contribution in [0.25, 0.3) is 22.2 Å². The van der Waals surface area contributed by atoms with Crippen molar-refractivity contribution < 1.29 is 24.2 Å². The average Bonchev–Trinajstić information content (AvgIpc) is 3.38. The van der Waals surface area contributed by atoms with Crippen LogP contribution in [0.1, 0.15) is 35.4 Å². The molecule has 2 heterocycles. The molecule has 0 spiro atoms. The zero-order valence-electron chi connectivity index (χ0n) is 19.6. The third kappa shape index (κ3) is 6.40. The zero-order chi connectivity index (χ0) is 24.1. The lowest BCUT2D eigenvalue weighted by atomic mass is 10.0. The summed E-state index contributed by atoms with van der Waals surface area (Å²) < 4.78 is 11.8. The summed E-state index contributed by atoms with van der Waals surface area (Å²) in [5.41, 5.74) is 3.84. The van der Waals surface area contributed by atoms with Crippen LogP contribution in [0.3, 0.4) is 0 Å². The lowest BCUT2D eigenvalue weighted by Crippen LogP contribution is -2.36. The number of carbonyl (C=O) groups excluding carboxylic acids is 1. The van der Waals surface area contributed by atoms with Crippen molar-refractivity contribution in [1.29, 1.82) is 0 Å². The van der Waals surface area contributed by atoms with Gasteiger partial charge in [0.2, 0.25) is 11.8 Å². The van der Waals surface area contributed by atoms with Crippen molar-refractivity contribution in [2.24, 2.45) is 5.92 Å². The van der Waals surface area contributed by atoms with Crippen LogP contribution in [0.4, 0.5) is 0 Å². The summed E-state index contributed by atoms with van der Waals surface area (Å²) in [6, 6.07) is 5.95. The SMILES string of the molecule is Cc1cc(-c2nnc(-c3cc(CC(C)C)c(C)s3)o2)cc(C)c1OC[C@@H](O)CNC(=O)CO. The van der Waals surface area contributed by atoms with E-state index >= 15 is 0 Å². The molecule has 33 heavy (non-hydrogen) atoms. The molecule has 0 bridgehead atoms. The van der Waals surface area contributed by atoms with Crippen LogP contribution >= 0.6 is 11.3 Å². The van der Waals surface area contributed by atoms with Crippen molar-refractivity contribution in [2.75, 3.05) is 19.8 Å². The number of thiophene rings is 1. The van der Waals surface area contributed by atoms with Crippen molar-refractivity contribution in [3.8, 4) is 28.0 Å². The molecule has 0 radical (unpaired) electrons. The van der Waals surface area contributed by atoms with Crippen molar-refractivity contribution in [2.45, 2.75) is 47.1 Å². The van der Waals surface area contributed by atoms with Crippen LogP contribution in [-0.4, -0.2) is 52.2 Å². The van der Waals surface area contributed by atoms with E-state index in [1.165, 1.54) is 10.4 Å². The van der Waals surface area contributed by atoms with Crippen LogP contribution in [0, 0.1) is 26.7 Å². The van der Waals surface area contributed by atoms with Crippen LogP contribution in [0.15, 0.2) is 22.6 Å². The van der Waals surface area contributed by atoms with Gasteiger partial charge in [-0.15, -0.1) is 21.5 Å². The highest BCUT2D eigenvalue weighted by Crippen LogP contribution is 2.34. The third-order valence-corrected chi connectivity index (χ3v) is 6.17. The minimum Gasteiger partial charge on any atom is -0.490 e. The summed E-state index contributed by atoms with van der Waals surface area (Å²) in [7, 11) is 0. The van der Waals surface area contributed by atoms with Crippen LogP contribution in [0.5, 0.6) is 5.75 Å². The van der Waals surface area contributed by atoms with Crippen molar-refractivity contribution in [3.63, 3.8) is 0 Å². The Morgan fingerprint density at radius 1 is 1.15 bits per heavy atom. The zero-order valence-corrected chi connectivity index (χ0v) is 20.5. The topological polar surface area (TPSA) is 118 Å². The molecule has 9 heteroatoms. The highest BCUT2D eigenvalue weighted by atomic mass is 32.1. The number of nitrogens with one attached hydrogen (secondary N) is 1. The first-order chi connectivity index (χ1) is 15.7. The number of aryl methyl sites for hydroxylation is 3. The summed E-state index contributed by atoms with van der Waals surface area (Å²) >= 11 is 1.66. The number of aliphatic hydroxyl groups is 2. The van der Waals surface area contributed by atoms with E-state index in [1.54, 1.807) is 11.3 Å². The Morgan fingerprint density at radius 2 is 1.82 bits per heavy atom. The number of nitrogens with zero attached hydrogens (tertiary/aromatic N) is 2. The van der Waals surface area contributed by atoms with Crippen LogP contribution < -0.4 is 10.1 Å². The predicted octanol–water partition coefficient (Wildman–Crippen LogP) is 3.44. The summed E-state index contributed by atoms with van der Waals surface area (Å²) in [5.74, 6) is 1.64. The second kappa shape index (κ2) is 10.9. The number of amides is 1. The Bertz CT molecular complexity index is 1080. The van der Waals surface area contributed by atoms with E-state index < -0.39 is 18.6 Å². The molecule has 1 amide bonds. The van der Waals surface area contributed by atoms with Gasteiger partial charge in [-0.2, -0.15) is 0 Å². The molecule has 0 saturated heterocycles. The van der Waals surface area contributed by atoms with E-state index in [9.17, 15) is 9.90 Å². The molecule has 0 aliphatic heterocycles. The van der Waals surface area contributed by atoms with E-state index in [0.717, 1.165) is 28.0 Å². The Labute approximate surface area is 197 Å². The first-order valence-electron chi connectivity index (χ1n) is 10.9. The van der Waals surface area contributed by atoms with Gasteiger partial charge in [0.05, 0.1) is 4.88 Å². The number of hydrogen-bond acceptors (Lipinski definition) is 8. The molecule has 1 atom stereocenters.